The Hall–Kier alpha value is -3.57. The van der Waals surface area contributed by atoms with Gasteiger partial charge in [0, 0.05) is 45.3 Å². The third-order valence-electron chi connectivity index (χ3n) is 7.17. The van der Waals surface area contributed by atoms with Gasteiger partial charge in [0.2, 0.25) is 15.9 Å². The van der Waals surface area contributed by atoms with E-state index in [2.05, 4.69) is 15.6 Å². The van der Waals surface area contributed by atoms with Gasteiger partial charge in [-0.25, -0.2) is 13.2 Å². The topological polar surface area (TPSA) is 145 Å². The number of carboxylic acids is 1. The highest BCUT2D eigenvalue weighted by Gasteiger charge is 2.40. The molecule has 214 valence electrons. The molecule has 0 radical (unpaired) electrons. The Morgan fingerprint density at radius 3 is 2.45 bits per heavy atom. The zero-order valence-electron chi connectivity index (χ0n) is 22.4. The Morgan fingerprint density at radius 2 is 1.77 bits per heavy atom. The molecule has 4 rings (SSSR count). The van der Waals surface area contributed by atoms with Gasteiger partial charge in [-0.3, -0.25) is 14.6 Å². The second-order valence-corrected chi connectivity index (χ2v) is 12.1. The van der Waals surface area contributed by atoms with E-state index < -0.39 is 34.0 Å². The second kappa shape index (κ2) is 13.7. The molecule has 2 atom stereocenters. The van der Waals surface area contributed by atoms with Crippen molar-refractivity contribution in [2.45, 2.75) is 68.3 Å². The maximum absolute atomic E-state index is 13.1. The lowest BCUT2D eigenvalue weighted by molar-refractivity contribution is -0.142. The van der Waals surface area contributed by atoms with Crippen LogP contribution in [0.15, 0.2) is 64.5 Å². The van der Waals surface area contributed by atoms with Crippen molar-refractivity contribution in [2.75, 3.05) is 19.6 Å². The Morgan fingerprint density at radius 1 is 1.05 bits per heavy atom. The summed E-state index contributed by atoms with van der Waals surface area (Å²) in [7, 11) is -3.89. The molecule has 2 heterocycles. The number of Topliss-reactive ketones (excluding diaryl/α,β-unsaturated/α-hetero) is 1. The predicted octanol–water partition coefficient (Wildman–Crippen LogP) is 2.33. The number of amides is 1. The van der Waals surface area contributed by atoms with Gasteiger partial charge in [-0.2, -0.15) is 4.31 Å². The van der Waals surface area contributed by atoms with Crippen LogP contribution in [0, 0.1) is 0 Å². The zero-order chi connectivity index (χ0) is 28.5. The van der Waals surface area contributed by atoms with Gasteiger partial charge in [-0.1, -0.05) is 42.5 Å². The summed E-state index contributed by atoms with van der Waals surface area (Å²) in [6.07, 6.45) is 4.17. The Kier molecular flexibility index (Phi) is 10.1. The standard InChI is InChI=1S/C29H36N4O6S/c34-23(7-4-11-27-30-16-6-17-31-27)19-21-12-14-22(15-13-21)20-25(29(36)37)32-28(35)26-10-5-18-33(26)40(38,39)24-8-2-1-3-9-24/h1-3,8-9,12-15,25-26H,4-7,10-11,16-20H2,(H,30,31)(H,32,35)(H,36,37)/t25?,26-/m0/s1. The lowest BCUT2D eigenvalue weighted by atomic mass is 10.00. The molecule has 2 aromatic rings. The maximum Gasteiger partial charge on any atom is 0.326 e. The lowest BCUT2D eigenvalue weighted by Crippen LogP contribution is -2.51. The fourth-order valence-electron chi connectivity index (χ4n) is 5.03. The van der Waals surface area contributed by atoms with Gasteiger partial charge in [0.15, 0.2) is 0 Å². The van der Waals surface area contributed by atoms with Crippen LogP contribution >= 0.6 is 0 Å². The summed E-state index contributed by atoms with van der Waals surface area (Å²) >= 11 is 0. The van der Waals surface area contributed by atoms with E-state index in [0.29, 0.717) is 31.2 Å². The first-order chi connectivity index (χ1) is 19.2. The molecule has 0 aromatic heterocycles. The summed E-state index contributed by atoms with van der Waals surface area (Å²) in [4.78, 5) is 42.0. The van der Waals surface area contributed by atoms with Crippen LogP contribution in [0.3, 0.4) is 0 Å². The first-order valence-corrected chi connectivity index (χ1v) is 15.1. The summed E-state index contributed by atoms with van der Waals surface area (Å²) in [5.41, 5.74) is 1.52. The molecule has 2 aromatic carbocycles. The minimum absolute atomic E-state index is 0.0303. The van der Waals surface area contributed by atoms with E-state index in [9.17, 15) is 27.9 Å². The summed E-state index contributed by atoms with van der Waals surface area (Å²) in [5.74, 6) is -0.727. The number of amidine groups is 1. The molecular weight excluding hydrogens is 532 g/mol. The Bertz CT molecular complexity index is 1330. The van der Waals surface area contributed by atoms with Crippen molar-refractivity contribution >= 4 is 33.5 Å². The van der Waals surface area contributed by atoms with Crippen molar-refractivity contribution in [3.8, 4) is 0 Å². The molecule has 1 saturated heterocycles. The summed E-state index contributed by atoms with van der Waals surface area (Å²) in [5, 5.41) is 15.6. The highest BCUT2D eigenvalue weighted by molar-refractivity contribution is 7.89. The maximum atomic E-state index is 13.1. The Labute approximate surface area is 234 Å². The average molecular weight is 569 g/mol. The number of hydrogen-bond acceptors (Lipinski definition) is 7. The van der Waals surface area contributed by atoms with Crippen LogP contribution in [-0.2, 0) is 37.2 Å². The SMILES string of the molecule is O=C(CCCC1=NCCCN1)Cc1ccc(CC(NC(=O)[C@@H]2CCCN2S(=O)(=O)c2ccccc2)C(=O)O)cc1. The molecule has 3 N–H and O–H groups in total. The van der Waals surface area contributed by atoms with Gasteiger partial charge in [0.1, 0.15) is 17.9 Å². The van der Waals surface area contributed by atoms with Crippen LogP contribution in [0.2, 0.25) is 0 Å². The summed E-state index contributed by atoms with van der Waals surface area (Å²) < 4.78 is 27.3. The molecule has 2 aliphatic rings. The first kappa shape index (κ1) is 29.4. The molecule has 0 spiro atoms. The molecule has 2 aliphatic heterocycles. The number of aliphatic carboxylic acids is 1. The highest BCUT2D eigenvalue weighted by atomic mass is 32.2. The Balaban J connectivity index is 1.30. The van der Waals surface area contributed by atoms with Crippen LogP contribution in [0.4, 0.5) is 0 Å². The van der Waals surface area contributed by atoms with E-state index >= 15 is 0 Å². The minimum atomic E-state index is -3.89. The molecule has 40 heavy (non-hydrogen) atoms. The highest BCUT2D eigenvalue weighted by Crippen LogP contribution is 2.26. The molecule has 1 fully saturated rings. The number of rotatable bonds is 13. The van der Waals surface area contributed by atoms with Gasteiger partial charge < -0.3 is 15.7 Å². The molecule has 11 heteroatoms. The van der Waals surface area contributed by atoms with Gasteiger partial charge in [-0.05, 0) is 48.9 Å². The molecule has 1 unspecified atom stereocenters. The minimum Gasteiger partial charge on any atom is -0.480 e. The number of sulfonamides is 1. The van der Waals surface area contributed by atoms with Crippen molar-refractivity contribution in [3.63, 3.8) is 0 Å². The van der Waals surface area contributed by atoms with Gasteiger partial charge in [-0.15, -0.1) is 0 Å². The molecule has 0 bridgehead atoms. The van der Waals surface area contributed by atoms with Crippen LogP contribution in [0.5, 0.6) is 0 Å². The normalized spacial score (nSPS) is 18.4. The molecule has 10 nitrogen and oxygen atoms in total. The van der Waals surface area contributed by atoms with Crippen LogP contribution < -0.4 is 10.6 Å². The van der Waals surface area contributed by atoms with E-state index in [0.717, 1.165) is 48.1 Å². The third kappa shape index (κ3) is 7.76. The van der Waals surface area contributed by atoms with E-state index in [1.165, 1.54) is 12.1 Å². The van der Waals surface area contributed by atoms with E-state index in [4.69, 9.17) is 0 Å². The fourth-order valence-corrected chi connectivity index (χ4v) is 6.71. The van der Waals surface area contributed by atoms with Gasteiger partial charge >= 0.3 is 5.97 Å². The van der Waals surface area contributed by atoms with E-state index in [1.807, 2.05) is 0 Å². The predicted molar refractivity (Wildman–Crippen MR) is 151 cm³/mol. The number of benzene rings is 2. The summed E-state index contributed by atoms with van der Waals surface area (Å²) in [6.45, 7) is 1.96. The third-order valence-corrected chi connectivity index (χ3v) is 9.09. The van der Waals surface area contributed by atoms with Crippen molar-refractivity contribution in [2.24, 2.45) is 4.99 Å². The number of aliphatic imine (C=N–C) groups is 1. The largest absolute Gasteiger partial charge is 0.480 e. The zero-order valence-corrected chi connectivity index (χ0v) is 23.2. The van der Waals surface area contributed by atoms with E-state index in [1.54, 1.807) is 42.5 Å². The second-order valence-electron chi connectivity index (χ2n) is 10.2. The van der Waals surface area contributed by atoms with Gasteiger partial charge in [0.25, 0.3) is 0 Å². The van der Waals surface area contributed by atoms with E-state index in [-0.39, 0.29) is 23.6 Å². The lowest BCUT2D eigenvalue weighted by Gasteiger charge is -2.25. The first-order valence-electron chi connectivity index (χ1n) is 13.7. The molecule has 1 amide bonds. The number of ketones is 1. The van der Waals surface area contributed by atoms with Crippen LogP contribution in [0.1, 0.15) is 49.7 Å². The number of carbonyl (C=O) groups is 3. The van der Waals surface area contributed by atoms with Gasteiger partial charge in [0.05, 0.1) is 10.7 Å². The van der Waals surface area contributed by atoms with Crippen molar-refractivity contribution in [1.29, 1.82) is 0 Å². The molecular formula is C29H36N4O6S. The summed E-state index contributed by atoms with van der Waals surface area (Å²) in [6, 6.07) is 12.8. The monoisotopic (exact) mass is 568 g/mol. The smallest absolute Gasteiger partial charge is 0.326 e. The molecule has 0 saturated carbocycles. The molecule has 0 aliphatic carbocycles. The van der Waals surface area contributed by atoms with Crippen molar-refractivity contribution in [3.05, 3.63) is 65.7 Å². The van der Waals surface area contributed by atoms with Crippen LogP contribution in [-0.4, -0.2) is 73.0 Å². The number of nitrogens with one attached hydrogen (secondary N) is 2. The fraction of sp³-hybridized carbons (Fsp3) is 0.448. The number of carboxylic acid groups (broad SMARTS) is 1. The number of hydrogen-bond donors (Lipinski definition) is 3. The number of nitrogens with zero attached hydrogens (tertiary/aromatic N) is 2. The average Bonchev–Trinajstić information content (AvgIpc) is 3.46. The van der Waals surface area contributed by atoms with Crippen LogP contribution in [0.25, 0.3) is 0 Å². The number of carbonyl (C=O) groups excluding carboxylic acids is 2. The van der Waals surface area contributed by atoms with Crippen molar-refractivity contribution in [1.82, 2.24) is 14.9 Å². The quantitative estimate of drug-likeness (QED) is 0.336. The van der Waals surface area contributed by atoms with Crippen molar-refractivity contribution < 1.29 is 27.9 Å².